The number of nitriles is 1. The number of sulfonamides is 1. The Morgan fingerprint density at radius 1 is 0.963 bits per heavy atom. The van der Waals surface area contributed by atoms with Gasteiger partial charge in [0.25, 0.3) is 0 Å². The zero-order valence-electron chi connectivity index (χ0n) is 14.2. The van der Waals surface area contributed by atoms with E-state index in [1.165, 1.54) is 18.2 Å². The van der Waals surface area contributed by atoms with Gasteiger partial charge < -0.3 is 0 Å². The van der Waals surface area contributed by atoms with Crippen LogP contribution in [0.3, 0.4) is 0 Å². The van der Waals surface area contributed by atoms with Crippen molar-refractivity contribution in [2.24, 2.45) is 0 Å². The minimum absolute atomic E-state index is 0.0235. The third-order valence-electron chi connectivity index (χ3n) is 4.42. The van der Waals surface area contributed by atoms with Crippen LogP contribution < -0.4 is 0 Å². The Morgan fingerprint density at radius 2 is 1.59 bits per heavy atom. The van der Waals surface area contributed by atoms with Gasteiger partial charge in [-0.05, 0) is 30.3 Å². The lowest BCUT2D eigenvalue weighted by molar-refractivity contribution is 0.179. The lowest BCUT2D eigenvalue weighted by Gasteiger charge is -2.34. The summed E-state index contributed by atoms with van der Waals surface area (Å²) in [5.74, 6) is -2.71. The molecule has 3 rings (SSSR count). The predicted octanol–water partition coefficient (Wildman–Crippen LogP) is 2.48. The van der Waals surface area contributed by atoms with Crippen molar-refractivity contribution in [1.29, 1.82) is 5.26 Å². The number of benzene rings is 2. The molecular weight excluding hydrogens is 379 g/mol. The first-order valence-corrected chi connectivity index (χ1v) is 9.62. The summed E-state index contributed by atoms with van der Waals surface area (Å²) in [4.78, 5) is 0.870. The lowest BCUT2D eigenvalue weighted by atomic mass is 10.1. The predicted molar refractivity (Wildman–Crippen MR) is 91.5 cm³/mol. The Labute approximate surface area is 155 Å². The van der Waals surface area contributed by atoms with Crippen molar-refractivity contribution in [3.05, 3.63) is 65.0 Å². The fraction of sp³-hybridized carbons (Fsp3) is 0.278. The fourth-order valence-electron chi connectivity index (χ4n) is 2.99. The van der Waals surface area contributed by atoms with E-state index in [1.54, 1.807) is 0 Å². The molecule has 142 valence electrons. The monoisotopic (exact) mass is 395 g/mol. The number of nitrogens with zero attached hydrogens (tertiary/aromatic N) is 3. The van der Waals surface area contributed by atoms with Crippen LogP contribution in [-0.2, 0) is 16.6 Å². The fourth-order valence-corrected chi connectivity index (χ4v) is 4.52. The summed E-state index contributed by atoms with van der Waals surface area (Å²) in [6.07, 6.45) is 0. The van der Waals surface area contributed by atoms with Crippen LogP contribution in [-0.4, -0.2) is 43.8 Å². The maximum Gasteiger partial charge on any atom is 0.249 e. The lowest BCUT2D eigenvalue weighted by Crippen LogP contribution is -2.48. The van der Waals surface area contributed by atoms with Crippen molar-refractivity contribution in [2.45, 2.75) is 11.4 Å². The van der Waals surface area contributed by atoms with E-state index in [-0.39, 0.29) is 32.7 Å². The standard InChI is InChI=1S/C18H16F3N3O2S/c19-15-5-4-13(11-22)10-14(15)12-23-6-8-24(9-7-23)27(25,26)18-16(20)2-1-3-17(18)21/h1-5,10H,6-9,12H2. The second-order valence-electron chi connectivity index (χ2n) is 6.15. The molecule has 0 bridgehead atoms. The van der Waals surface area contributed by atoms with Gasteiger partial charge in [0.1, 0.15) is 17.5 Å². The van der Waals surface area contributed by atoms with E-state index in [9.17, 15) is 21.6 Å². The Bertz CT molecular complexity index is 977. The van der Waals surface area contributed by atoms with Gasteiger partial charge in [0.2, 0.25) is 10.0 Å². The van der Waals surface area contributed by atoms with E-state index < -0.39 is 32.4 Å². The normalized spacial score (nSPS) is 16.2. The van der Waals surface area contributed by atoms with Gasteiger partial charge in [-0.1, -0.05) is 6.07 Å². The molecule has 0 amide bonds. The molecule has 1 saturated heterocycles. The molecule has 2 aromatic carbocycles. The molecule has 0 saturated carbocycles. The van der Waals surface area contributed by atoms with Crippen molar-refractivity contribution >= 4 is 10.0 Å². The van der Waals surface area contributed by atoms with E-state index in [4.69, 9.17) is 5.26 Å². The van der Waals surface area contributed by atoms with E-state index in [1.807, 2.05) is 11.0 Å². The average molecular weight is 395 g/mol. The summed E-state index contributed by atoms with van der Waals surface area (Å²) in [6, 6.07) is 8.90. The molecule has 9 heteroatoms. The maximum atomic E-state index is 13.9. The first-order chi connectivity index (χ1) is 12.8. The van der Waals surface area contributed by atoms with Gasteiger partial charge in [0, 0.05) is 38.3 Å². The largest absolute Gasteiger partial charge is 0.296 e. The van der Waals surface area contributed by atoms with Crippen molar-refractivity contribution in [2.75, 3.05) is 26.2 Å². The highest BCUT2D eigenvalue weighted by Gasteiger charge is 2.33. The van der Waals surface area contributed by atoms with Crippen LogP contribution in [0, 0.1) is 28.8 Å². The smallest absolute Gasteiger partial charge is 0.249 e. The van der Waals surface area contributed by atoms with Gasteiger partial charge in [-0.2, -0.15) is 9.57 Å². The molecule has 5 nitrogen and oxygen atoms in total. The van der Waals surface area contributed by atoms with Crippen LogP contribution in [0.15, 0.2) is 41.3 Å². The molecule has 1 heterocycles. The molecule has 1 aliphatic rings. The van der Waals surface area contributed by atoms with Gasteiger partial charge in [-0.3, -0.25) is 4.90 Å². The minimum atomic E-state index is -4.30. The summed E-state index contributed by atoms with van der Waals surface area (Å²) >= 11 is 0. The molecule has 0 spiro atoms. The molecule has 27 heavy (non-hydrogen) atoms. The molecule has 0 radical (unpaired) electrons. The van der Waals surface area contributed by atoms with Gasteiger partial charge in [-0.25, -0.2) is 21.6 Å². The number of piperazine rings is 1. The first kappa shape index (κ1) is 19.4. The molecule has 0 aromatic heterocycles. The Morgan fingerprint density at radius 3 is 2.19 bits per heavy atom. The molecule has 0 unspecified atom stereocenters. The quantitative estimate of drug-likeness (QED) is 0.798. The molecule has 0 N–H and O–H groups in total. The van der Waals surface area contributed by atoms with Gasteiger partial charge in [0.05, 0.1) is 11.6 Å². The van der Waals surface area contributed by atoms with Crippen molar-refractivity contribution in [3.8, 4) is 6.07 Å². The summed E-state index contributed by atoms with van der Waals surface area (Å²) in [6.45, 7) is 0.797. The highest BCUT2D eigenvalue weighted by Crippen LogP contribution is 2.24. The highest BCUT2D eigenvalue weighted by atomic mass is 32.2. The van der Waals surface area contributed by atoms with Crippen LogP contribution in [0.4, 0.5) is 13.2 Å². The van der Waals surface area contributed by atoms with Crippen LogP contribution in [0.25, 0.3) is 0 Å². The van der Waals surface area contributed by atoms with E-state index >= 15 is 0 Å². The topological polar surface area (TPSA) is 64.4 Å². The summed E-state index contributed by atoms with van der Waals surface area (Å²) in [7, 11) is -4.30. The Balaban J connectivity index is 1.71. The third kappa shape index (κ3) is 3.98. The van der Waals surface area contributed by atoms with E-state index in [0.29, 0.717) is 11.1 Å². The molecule has 0 aliphatic carbocycles. The SMILES string of the molecule is N#Cc1ccc(F)c(CN2CCN(S(=O)(=O)c3c(F)cccc3F)CC2)c1. The number of hydrogen-bond acceptors (Lipinski definition) is 4. The van der Waals surface area contributed by atoms with Crippen molar-refractivity contribution in [3.63, 3.8) is 0 Å². The Hall–Kier alpha value is -2.41. The second-order valence-corrected chi connectivity index (χ2v) is 8.02. The second kappa shape index (κ2) is 7.68. The minimum Gasteiger partial charge on any atom is -0.296 e. The van der Waals surface area contributed by atoms with Crippen LogP contribution >= 0.6 is 0 Å². The van der Waals surface area contributed by atoms with E-state index in [0.717, 1.165) is 22.5 Å². The number of halogens is 3. The van der Waals surface area contributed by atoms with E-state index in [2.05, 4.69) is 0 Å². The van der Waals surface area contributed by atoms with Crippen LogP contribution in [0.2, 0.25) is 0 Å². The van der Waals surface area contributed by atoms with Crippen LogP contribution in [0.5, 0.6) is 0 Å². The number of hydrogen-bond donors (Lipinski definition) is 0. The average Bonchev–Trinajstić information content (AvgIpc) is 2.63. The molecule has 0 atom stereocenters. The Kier molecular flexibility index (Phi) is 5.51. The zero-order chi connectivity index (χ0) is 19.6. The third-order valence-corrected chi connectivity index (χ3v) is 6.37. The molecule has 1 fully saturated rings. The summed E-state index contributed by atoms with van der Waals surface area (Å²) in [5, 5.41) is 8.92. The van der Waals surface area contributed by atoms with Gasteiger partial charge >= 0.3 is 0 Å². The zero-order valence-corrected chi connectivity index (χ0v) is 15.0. The highest BCUT2D eigenvalue weighted by molar-refractivity contribution is 7.89. The van der Waals surface area contributed by atoms with Crippen molar-refractivity contribution in [1.82, 2.24) is 9.21 Å². The molecule has 2 aromatic rings. The maximum absolute atomic E-state index is 13.9. The summed E-state index contributed by atoms with van der Waals surface area (Å²) < 4.78 is 67.8. The first-order valence-electron chi connectivity index (χ1n) is 8.18. The van der Waals surface area contributed by atoms with Gasteiger partial charge in [-0.15, -0.1) is 0 Å². The molecule has 1 aliphatic heterocycles. The molecular formula is C18H16F3N3O2S. The number of rotatable bonds is 4. The summed E-state index contributed by atoms with van der Waals surface area (Å²) in [5.41, 5.74) is 0.674. The van der Waals surface area contributed by atoms with Gasteiger partial charge in [0.15, 0.2) is 4.90 Å². The van der Waals surface area contributed by atoms with Crippen LogP contribution in [0.1, 0.15) is 11.1 Å². The van der Waals surface area contributed by atoms with Crippen molar-refractivity contribution < 1.29 is 21.6 Å².